The number of methoxy groups -OCH3 is 1. The van der Waals surface area contributed by atoms with Crippen LogP contribution in [0.15, 0.2) is 18.2 Å². The van der Waals surface area contributed by atoms with Crippen LogP contribution in [0.5, 0.6) is 5.75 Å². The molecule has 0 N–H and O–H groups in total. The zero-order chi connectivity index (χ0) is 14.6. The summed E-state index contributed by atoms with van der Waals surface area (Å²) in [5.74, 6) is -0.650. The monoisotopic (exact) mass is 286 g/mol. The smallest absolute Gasteiger partial charge is 0.175 e. The Kier molecular flexibility index (Phi) is 5.66. The SMILES string of the molecule is COc1ccc(C(=O)CS(=O)C(C)C(C)C)cc1F. The molecule has 2 unspecified atom stereocenters. The lowest BCUT2D eigenvalue weighted by molar-refractivity contribution is 0.102. The lowest BCUT2D eigenvalue weighted by atomic mass is 10.1. The molecule has 2 atom stereocenters. The maximum atomic E-state index is 13.5. The fourth-order valence-corrected chi connectivity index (χ4v) is 2.78. The molecule has 0 saturated heterocycles. The van der Waals surface area contributed by atoms with Crippen molar-refractivity contribution >= 4 is 16.6 Å². The standard InChI is InChI=1S/C14H19FO3S/c1-9(2)10(3)19(17)8-13(16)11-5-6-14(18-4)12(15)7-11/h5-7,9-10H,8H2,1-4H3. The third-order valence-corrected chi connectivity index (χ3v) is 5.02. The fraction of sp³-hybridized carbons (Fsp3) is 0.500. The third-order valence-electron chi connectivity index (χ3n) is 3.10. The first-order valence-corrected chi connectivity index (χ1v) is 7.49. The van der Waals surface area contributed by atoms with Crippen molar-refractivity contribution in [2.45, 2.75) is 26.0 Å². The largest absolute Gasteiger partial charge is 0.494 e. The molecule has 0 aromatic heterocycles. The van der Waals surface area contributed by atoms with E-state index < -0.39 is 16.6 Å². The predicted octanol–water partition coefficient (Wildman–Crippen LogP) is 2.81. The van der Waals surface area contributed by atoms with Crippen molar-refractivity contribution in [2.75, 3.05) is 12.9 Å². The summed E-state index contributed by atoms with van der Waals surface area (Å²) in [4.78, 5) is 11.9. The highest BCUT2D eigenvalue weighted by molar-refractivity contribution is 7.86. The van der Waals surface area contributed by atoms with Crippen molar-refractivity contribution in [3.63, 3.8) is 0 Å². The summed E-state index contributed by atoms with van der Waals surface area (Å²) in [6.07, 6.45) is 0. The summed E-state index contributed by atoms with van der Waals surface area (Å²) in [6, 6.07) is 4.01. The summed E-state index contributed by atoms with van der Waals surface area (Å²) in [5, 5.41) is -0.0629. The first-order chi connectivity index (χ1) is 8.86. The molecule has 0 spiro atoms. The number of ether oxygens (including phenoxy) is 1. The number of rotatable bonds is 6. The molecule has 1 rings (SSSR count). The summed E-state index contributed by atoms with van der Waals surface area (Å²) >= 11 is 0. The van der Waals surface area contributed by atoms with E-state index in [-0.39, 0.29) is 34.0 Å². The molecule has 0 aliphatic heterocycles. The Balaban J connectivity index is 2.79. The Morgan fingerprint density at radius 3 is 2.47 bits per heavy atom. The average molecular weight is 286 g/mol. The van der Waals surface area contributed by atoms with E-state index in [4.69, 9.17) is 4.74 Å². The molecule has 3 nitrogen and oxygen atoms in total. The Bertz CT molecular complexity index is 486. The van der Waals surface area contributed by atoms with E-state index in [1.807, 2.05) is 20.8 Å². The quantitative estimate of drug-likeness (QED) is 0.755. The number of ketones is 1. The van der Waals surface area contributed by atoms with Crippen molar-refractivity contribution in [2.24, 2.45) is 5.92 Å². The molecule has 19 heavy (non-hydrogen) atoms. The van der Waals surface area contributed by atoms with Gasteiger partial charge in [0.25, 0.3) is 0 Å². The van der Waals surface area contributed by atoms with Gasteiger partial charge < -0.3 is 4.74 Å². The molecule has 1 aromatic carbocycles. The van der Waals surface area contributed by atoms with Crippen LogP contribution in [0.2, 0.25) is 0 Å². The first-order valence-electron chi connectivity index (χ1n) is 6.10. The third kappa shape index (κ3) is 4.13. The van der Waals surface area contributed by atoms with Gasteiger partial charge in [-0.05, 0) is 24.1 Å². The molecule has 1 aromatic rings. The summed E-state index contributed by atoms with van der Waals surface area (Å²) in [6.45, 7) is 5.77. The molecule has 0 radical (unpaired) electrons. The van der Waals surface area contributed by atoms with Gasteiger partial charge in [0, 0.05) is 21.6 Å². The lowest BCUT2D eigenvalue weighted by Crippen LogP contribution is -2.24. The number of hydrogen-bond acceptors (Lipinski definition) is 3. The molecule has 106 valence electrons. The van der Waals surface area contributed by atoms with Crippen molar-refractivity contribution in [3.05, 3.63) is 29.6 Å². The van der Waals surface area contributed by atoms with Gasteiger partial charge in [0.05, 0.1) is 12.9 Å². The van der Waals surface area contributed by atoms with E-state index in [1.165, 1.54) is 19.2 Å². The van der Waals surface area contributed by atoms with E-state index in [0.29, 0.717) is 0 Å². The van der Waals surface area contributed by atoms with Gasteiger partial charge in [-0.2, -0.15) is 0 Å². The second-order valence-electron chi connectivity index (χ2n) is 4.75. The van der Waals surface area contributed by atoms with Gasteiger partial charge in [0.1, 0.15) is 0 Å². The maximum Gasteiger partial charge on any atom is 0.175 e. The summed E-state index contributed by atoms with van der Waals surface area (Å²) < 4.78 is 30.2. The molecular weight excluding hydrogens is 267 g/mol. The number of benzene rings is 1. The van der Waals surface area contributed by atoms with Gasteiger partial charge in [-0.3, -0.25) is 9.00 Å². The van der Waals surface area contributed by atoms with Gasteiger partial charge >= 0.3 is 0 Å². The van der Waals surface area contributed by atoms with Crippen molar-refractivity contribution in [1.29, 1.82) is 0 Å². The number of Topliss-reactive ketones (excluding diaryl/α,β-unsaturated/α-hetero) is 1. The number of halogens is 1. The second kappa shape index (κ2) is 6.80. The molecular formula is C14H19FO3S. The average Bonchev–Trinajstić information content (AvgIpc) is 2.37. The zero-order valence-corrected chi connectivity index (χ0v) is 12.4. The molecule has 0 bridgehead atoms. The van der Waals surface area contributed by atoms with Crippen LogP contribution in [0.25, 0.3) is 0 Å². The van der Waals surface area contributed by atoms with Crippen molar-refractivity contribution in [1.82, 2.24) is 0 Å². The molecule has 0 fully saturated rings. The van der Waals surface area contributed by atoms with Crippen molar-refractivity contribution < 1.29 is 18.1 Å². The minimum Gasteiger partial charge on any atom is -0.494 e. The van der Waals surface area contributed by atoms with Gasteiger partial charge in [0.15, 0.2) is 17.3 Å². The maximum absolute atomic E-state index is 13.5. The van der Waals surface area contributed by atoms with Crippen molar-refractivity contribution in [3.8, 4) is 5.75 Å². The lowest BCUT2D eigenvalue weighted by Gasteiger charge is -2.14. The van der Waals surface area contributed by atoms with Crippen LogP contribution in [0.3, 0.4) is 0 Å². The van der Waals surface area contributed by atoms with E-state index in [0.717, 1.165) is 6.07 Å². The minimum atomic E-state index is -1.24. The highest BCUT2D eigenvalue weighted by Crippen LogP contribution is 2.18. The van der Waals surface area contributed by atoms with E-state index in [2.05, 4.69) is 0 Å². The van der Waals surface area contributed by atoms with Crippen LogP contribution in [0.4, 0.5) is 4.39 Å². The molecule has 0 amide bonds. The highest BCUT2D eigenvalue weighted by Gasteiger charge is 2.19. The van der Waals surface area contributed by atoms with Gasteiger partial charge in [0.2, 0.25) is 0 Å². The zero-order valence-electron chi connectivity index (χ0n) is 11.6. The normalized spacial score (nSPS) is 14.2. The van der Waals surface area contributed by atoms with Crippen LogP contribution in [-0.2, 0) is 10.8 Å². The number of carbonyl (C=O) groups is 1. The molecule has 0 saturated carbocycles. The Hall–Kier alpha value is -1.23. The summed E-state index contributed by atoms with van der Waals surface area (Å²) in [5.41, 5.74) is 0.225. The minimum absolute atomic E-state index is 0.0629. The molecule has 0 aliphatic carbocycles. The van der Waals surface area contributed by atoms with E-state index >= 15 is 0 Å². The number of carbonyl (C=O) groups excluding carboxylic acids is 1. The number of hydrogen-bond donors (Lipinski definition) is 0. The Morgan fingerprint density at radius 1 is 1.37 bits per heavy atom. The van der Waals surface area contributed by atoms with E-state index in [9.17, 15) is 13.4 Å². The van der Waals surface area contributed by atoms with Gasteiger partial charge in [-0.25, -0.2) is 4.39 Å². The van der Waals surface area contributed by atoms with Crippen LogP contribution < -0.4 is 4.74 Å². The van der Waals surface area contributed by atoms with Crippen LogP contribution in [-0.4, -0.2) is 28.1 Å². The van der Waals surface area contributed by atoms with Gasteiger partial charge in [-0.15, -0.1) is 0 Å². The molecule has 0 heterocycles. The summed E-state index contributed by atoms with van der Waals surface area (Å²) in [7, 11) is 0.118. The Morgan fingerprint density at radius 2 is 2.00 bits per heavy atom. The van der Waals surface area contributed by atoms with Crippen LogP contribution >= 0.6 is 0 Å². The predicted molar refractivity (Wildman–Crippen MR) is 74.6 cm³/mol. The van der Waals surface area contributed by atoms with Gasteiger partial charge in [-0.1, -0.05) is 20.8 Å². The van der Waals surface area contributed by atoms with Crippen LogP contribution in [0.1, 0.15) is 31.1 Å². The topological polar surface area (TPSA) is 43.4 Å². The fourth-order valence-electron chi connectivity index (χ4n) is 1.49. The Labute approximate surface area is 115 Å². The van der Waals surface area contributed by atoms with Crippen LogP contribution in [0, 0.1) is 11.7 Å². The second-order valence-corrected chi connectivity index (χ2v) is 6.54. The highest BCUT2D eigenvalue weighted by atomic mass is 32.2. The first kappa shape index (κ1) is 15.8. The molecule has 5 heteroatoms. The molecule has 0 aliphatic rings. The van der Waals surface area contributed by atoms with E-state index in [1.54, 1.807) is 0 Å².